The van der Waals surface area contributed by atoms with E-state index in [4.69, 9.17) is 4.74 Å². The summed E-state index contributed by atoms with van der Waals surface area (Å²) in [6.07, 6.45) is -1.89. The number of halogens is 3. The number of hydroxylamine groups is 2. The zero-order valence-corrected chi connectivity index (χ0v) is 11.3. The average molecular weight is 315 g/mol. The minimum Gasteiger partial charge on any atom is -0.504 e. The van der Waals surface area contributed by atoms with Crippen molar-refractivity contribution in [1.29, 1.82) is 0 Å². The van der Waals surface area contributed by atoms with Crippen LogP contribution in [-0.2, 0) is 0 Å². The Bertz CT molecular complexity index is 652. The fraction of sp³-hybridized carbons (Fsp3) is 0.214. The van der Waals surface area contributed by atoms with Gasteiger partial charge >= 0.3 is 6.18 Å². The van der Waals surface area contributed by atoms with E-state index >= 15 is 0 Å². The predicted octanol–water partition coefficient (Wildman–Crippen LogP) is 2.66. The molecule has 1 unspecified atom stereocenters. The van der Waals surface area contributed by atoms with Gasteiger partial charge < -0.3 is 9.84 Å². The number of ketones is 1. The van der Waals surface area contributed by atoms with Gasteiger partial charge in [0.25, 0.3) is 0 Å². The van der Waals surface area contributed by atoms with Crippen LogP contribution in [0.15, 0.2) is 42.1 Å². The number of carbonyl (C=O) groups excluding carboxylic acids is 1. The van der Waals surface area contributed by atoms with Crippen LogP contribution in [0.5, 0.6) is 11.5 Å². The molecule has 0 bridgehead atoms. The van der Waals surface area contributed by atoms with Gasteiger partial charge in [-0.15, -0.1) is 0 Å². The number of Topliss-reactive ketones (excluding diaryl/α,β-unsaturated/α-hetero) is 1. The van der Waals surface area contributed by atoms with E-state index < -0.39 is 23.6 Å². The van der Waals surface area contributed by atoms with E-state index in [1.165, 1.54) is 13.2 Å². The van der Waals surface area contributed by atoms with E-state index in [1.807, 2.05) is 0 Å². The minimum absolute atomic E-state index is 0.0396. The third-order valence-electron chi connectivity index (χ3n) is 3.09. The molecule has 1 aromatic rings. The molecule has 8 heteroatoms. The van der Waals surface area contributed by atoms with Crippen LogP contribution in [0.25, 0.3) is 0 Å². The Morgan fingerprint density at radius 3 is 2.64 bits per heavy atom. The number of hydrogen-bond donors (Lipinski definition) is 2. The molecule has 118 valence electrons. The van der Waals surface area contributed by atoms with Gasteiger partial charge in [-0.2, -0.15) is 13.2 Å². The zero-order chi connectivity index (χ0) is 16.5. The second kappa shape index (κ2) is 5.72. The summed E-state index contributed by atoms with van der Waals surface area (Å²) >= 11 is 0. The Labute approximate surface area is 123 Å². The Morgan fingerprint density at radius 1 is 1.36 bits per heavy atom. The molecule has 0 fully saturated rings. The molecule has 1 aliphatic heterocycles. The van der Waals surface area contributed by atoms with E-state index in [1.54, 1.807) is 0 Å². The van der Waals surface area contributed by atoms with Crippen molar-refractivity contribution in [2.75, 3.05) is 7.11 Å². The first-order valence-electron chi connectivity index (χ1n) is 6.09. The molecule has 0 amide bonds. The number of nitrogens with zero attached hydrogens (tertiary/aromatic N) is 1. The Hall–Kier alpha value is -2.48. The van der Waals surface area contributed by atoms with Crippen molar-refractivity contribution in [2.24, 2.45) is 0 Å². The lowest BCUT2D eigenvalue weighted by molar-refractivity contribution is -0.220. The van der Waals surface area contributed by atoms with Gasteiger partial charge in [-0.05, 0) is 24.3 Å². The number of methoxy groups -OCH3 is 1. The first kappa shape index (κ1) is 15.9. The summed E-state index contributed by atoms with van der Waals surface area (Å²) in [5.74, 6) is -1.21. The van der Waals surface area contributed by atoms with Crippen LogP contribution in [-0.4, -0.2) is 40.5 Å². The van der Waals surface area contributed by atoms with Crippen molar-refractivity contribution in [3.63, 3.8) is 0 Å². The number of phenolic OH excluding ortho intramolecular Hbond substituents is 1. The number of aromatic hydroxyl groups is 1. The summed E-state index contributed by atoms with van der Waals surface area (Å²) < 4.78 is 43.9. The summed E-state index contributed by atoms with van der Waals surface area (Å²) in [5.41, 5.74) is -0.732. The molecule has 22 heavy (non-hydrogen) atoms. The molecule has 0 saturated carbocycles. The van der Waals surface area contributed by atoms with Crippen molar-refractivity contribution in [3.05, 3.63) is 47.7 Å². The van der Waals surface area contributed by atoms with Gasteiger partial charge in [0.2, 0.25) is 0 Å². The molecule has 0 saturated heterocycles. The van der Waals surface area contributed by atoms with E-state index in [0.717, 1.165) is 30.5 Å². The third kappa shape index (κ3) is 2.91. The van der Waals surface area contributed by atoms with Gasteiger partial charge in [-0.3, -0.25) is 10.0 Å². The van der Waals surface area contributed by atoms with Gasteiger partial charge in [0.1, 0.15) is 0 Å². The number of ether oxygens (including phenoxy) is 1. The monoisotopic (exact) mass is 315 g/mol. The molecule has 1 aromatic carbocycles. The predicted molar refractivity (Wildman–Crippen MR) is 69.7 cm³/mol. The van der Waals surface area contributed by atoms with Crippen LogP contribution in [0.1, 0.15) is 10.4 Å². The number of carbonyl (C=O) groups is 1. The minimum atomic E-state index is -4.83. The van der Waals surface area contributed by atoms with Crippen LogP contribution in [0.3, 0.4) is 0 Å². The highest BCUT2D eigenvalue weighted by Crippen LogP contribution is 2.34. The molecule has 1 aliphatic rings. The molecule has 2 rings (SSSR count). The van der Waals surface area contributed by atoms with E-state index in [2.05, 4.69) is 0 Å². The first-order valence-corrected chi connectivity index (χ1v) is 6.09. The zero-order valence-electron chi connectivity index (χ0n) is 11.3. The number of allylic oxidation sites excluding steroid dienone is 2. The normalized spacial score (nSPS) is 18.1. The Balaban J connectivity index is 2.43. The lowest BCUT2D eigenvalue weighted by Gasteiger charge is -2.30. The van der Waals surface area contributed by atoms with Crippen LogP contribution in [0.4, 0.5) is 13.2 Å². The summed E-state index contributed by atoms with van der Waals surface area (Å²) in [6, 6.07) is 0.996. The van der Waals surface area contributed by atoms with E-state index in [9.17, 15) is 28.3 Å². The van der Waals surface area contributed by atoms with Gasteiger partial charge in [0.15, 0.2) is 23.3 Å². The highest BCUT2D eigenvalue weighted by molar-refractivity contribution is 6.10. The summed E-state index contributed by atoms with van der Waals surface area (Å²) in [6.45, 7) is 0. The number of phenols is 1. The van der Waals surface area contributed by atoms with Crippen LogP contribution in [0, 0.1) is 0 Å². The molecule has 1 heterocycles. The van der Waals surface area contributed by atoms with Crippen molar-refractivity contribution in [1.82, 2.24) is 5.06 Å². The maximum absolute atomic E-state index is 13.0. The van der Waals surface area contributed by atoms with Gasteiger partial charge in [0.05, 0.1) is 7.11 Å². The fourth-order valence-electron chi connectivity index (χ4n) is 2.07. The number of hydrogen-bond acceptors (Lipinski definition) is 5. The summed E-state index contributed by atoms with van der Waals surface area (Å²) in [7, 11) is 1.25. The molecule has 1 atom stereocenters. The van der Waals surface area contributed by atoms with E-state index in [0.29, 0.717) is 0 Å². The maximum atomic E-state index is 13.0. The standard InChI is InChI=1S/C14H12F3NO4/c1-22-11-7-8(4-5-10(11)19)12(20)9-3-2-6-18(21)13(9)14(15,16)17/h2-7,13,19,21H,1H3. The third-order valence-corrected chi connectivity index (χ3v) is 3.09. The molecular formula is C14H12F3NO4. The molecule has 5 nitrogen and oxygen atoms in total. The molecule has 0 radical (unpaired) electrons. The number of rotatable bonds is 3. The van der Waals surface area contributed by atoms with Crippen molar-refractivity contribution in [2.45, 2.75) is 12.2 Å². The maximum Gasteiger partial charge on any atom is 0.415 e. The largest absolute Gasteiger partial charge is 0.504 e. The van der Waals surface area contributed by atoms with E-state index in [-0.39, 0.29) is 22.1 Å². The number of alkyl halides is 3. The summed E-state index contributed by atoms with van der Waals surface area (Å²) in [5, 5.41) is 18.8. The average Bonchev–Trinajstić information content (AvgIpc) is 2.45. The van der Waals surface area contributed by atoms with Gasteiger partial charge in [-0.1, -0.05) is 6.08 Å². The fourth-order valence-corrected chi connectivity index (χ4v) is 2.07. The van der Waals surface area contributed by atoms with Gasteiger partial charge in [-0.25, -0.2) is 5.06 Å². The smallest absolute Gasteiger partial charge is 0.415 e. The first-order chi connectivity index (χ1) is 10.3. The molecular weight excluding hydrogens is 303 g/mol. The SMILES string of the molecule is COc1cc(C(=O)C2=CC=CN(O)C2C(F)(F)F)ccc1O. The quantitative estimate of drug-likeness (QED) is 0.839. The highest BCUT2D eigenvalue weighted by Gasteiger charge is 2.48. The lowest BCUT2D eigenvalue weighted by Crippen LogP contribution is -2.45. The number of benzene rings is 1. The molecule has 2 N–H and O–H groups in total. The van der Waals surface area contributed by atoms with Crippen molar-refractivity contribution < 1.29 is 33.0 Å². The Morgan fingerprint density at radius 2 is 2.05 bits per heavy atom. The van der Waals surface area contributed by atoms with Crippen molar-refractivity contribution in [3.8, 4) is 11.5 Å². The highest BCUT2D eigenvalue weighted by atomic mass is 19.4. The second-order valence-electron chi connectivity index (χ2n) is 4.50. The molecule has 0 spiro atoms. The van der Waals surface area contributed by atoms with Crippen molar-refractivity contribution >= 4 is 5.78 Å². The topological polar surface area (TPSA) is 70.0 Å². The molecule has 0 aliphatic carbocycles. The van der Waals surface area contributed by atoms with Crippen LogP contribution in [0.2, 0.25) is 0 Å². The molecule has 0 aromatic heterocycles. The lowest BCUT2D eigenvalue weighted by atomic mass is 9.94. The Kier molecular flexibility index (Phi) is 4.14. The van der Waals surface area contributed by atoms with Gasteiger partial charge in [0, 0.05) is 17.3 Å². The van der Waals surface area contributed by atoms with Crippen LogP contribution < -0.4 is 4.74 Å². The summed E-state index contributed by atoms with van der Waals surface area (Å²) in [4.78, 5) is 12.3. The second-order valence-corrected chi connectivity index (χ2v) is 4.50. The van der Waals surface area contributed by atoms with Crippen LogP contribution >= 0.6 is 0 Å².